The summed E-state index contributed by atoms with van der Waals surface area (Å²) in [5.41, 5.74) is 8.91. The molecule has 1 heterocycles. The summed E-state index contributed by atoms with van der Waals surface area (Å²) in [6.07, 6.45) is 0. The lowest BCUT2D eigenvalue weighted by atomic mass is 9.96. The molecule has 0 atom stereocenters. The fraction of sp³-hybridized carbons (Fsp3) is 0.0833. The number of para-hydroxylation sites is 1. The minimum atomic E-state index is -1.04. The summed E-state index contributed by atoms with van der Waals surface area (Å²) in [6.45, 7) is 4.12. The van der Waals surface area contributed by atoms with Crippen LogP contribution in [-0.2, 0) is 0 Å². The van der Waals surface area contributed by atoms with Crippen molar-refractivity contribution in [2.75, 3.05) is 5.48 Å². The topological polar surface area (TPSA) is 82.5 Å². The second kappa shape index (κ2) is 8.10. The maximum Gasteiger partial charge on any atom is 0.336 e. The molecular weight excluding hydrogens is 396 g/mol. The van der Waals surface area contributed by atoms with E-state index in [1.165, 1.54) is 16.9 Å². The molecule has 1 aromatic heterocycles. The first kappa shape index (κ1) is 19.8. The summed E-state index contributed by atoms with van der Waals surface area (Å²) in [5, 5.41) is 21.9. The molecule has 150 valence electrons. The summed E-state index contributed by atoms with van der Waals surface area (Å²) in [5.74, 6) is -1.04. The van der Waals surface area contributed by atoms with Crippen LogP contribution in [0, 0.1) is 13.8 Å². The molecule has 0 aliphatic heterocycles. The first-order chi connectivity index (χ1) is 14.5. The third kappa shape index (κ3) is 3.70. The van der Waals surface area contributed by atoms with E-state index in [9.17, 15) is 15.1 Å². The summed E-state index contributed by atoms with van der Waals surface area (Å²) >= 11 is 1.48. The first-order valence-corrected chi connectivity index (χ1v) is 10.3. The van der Waals surface area contributed by atoms with Gasteiger partial charge in [0.05, 0.1) is 16.9 Å². The van der Waals surface area contributed by atoms with E-state index in [2.05, 4.69) is 37.5 Å². The third-order valence-corrected chi connectivity index (χ3v) is 5.89. The predicted molar refractivity (Wildman–Crippen MR) is 120 cm³/mol. The fourth-order valence-corrected chi connectivity index (χ4v) is 4.35. The largest absolute Gasteiger partial charge is 0.478 e. The van der Waals surface area contributed by atoms with Crippen molar-refractivity contribution >= 4 is 23.0 Å². The van der Waals surface area contributed by atoms with Crippen molar-refractivity contribution in [1.29, 1.82) is 0 Å². The van der Waals surface area contributed by atoms with Crippen molar-refractivity contribution in [3.05, 3.63) is 82.7 Å². The van der Waals surface area contributed by atoms with Gasteiger partial charge in [-0.25, -0.2) is 9.78 Å². The highest BCUT2D eigenvalue weighted by atomic mass is 32.1. The molecule has 0 radical (unpaired) electrons. The van der Waals surface area contributed by atoms with Gasteiger partial charge in [0.15, 0.2) is 0 Å². The lowest BCUT2D eigenvalue weighted by molar-refractivity contribution is 0.0697. The SMILES string of the molecule is Cc1ccc(-c2csc(-c3ccc(-c4ccccc4NO)c(C(=O)O)c3)n2)c(C)c1. The van der Waals surface area contributed by atoms with Gasteiger partial charge in [-0.15, -0.1) is 11.3 Å². The van der Waals surface area contributed by atoms with Gasteiger partial charge in [0.2, 0.25) is 0 Å². The van der Waals surface area contributed by atoms with E-state index in [4.69, 9.17) is 4.98 Å². The van der Waals surface area contributed by atoms with Crippen molar-refractivity contribution in [1.82, 2.24) is 4.98 Å². The number of nitrogens with zero attached hydrogens (tertiary/aromatic N) is 1. The van der Waals surface area contributed by atoms with E-state index in [0.717, 1.165) is 27.4 Å². The highest BCUT2D eigenvalue weighted by Gasteiger charge is 2.17. The molecule has 0 unspecified atom stereocenters. The predicted octanol–water partition coefficient (Wildman–Crippen LogP) is 6.26. The Balaban J connectivity index is 1.77. The molecule has 0 spiro atoms. The Morgan fingerprint density at radius 3 is 2.47 bits per heavy atom. The minimum Gasteiger partial charge on any atom is -0.478 e. The zero-order valence-electron chi connectivity index (χ0n) is 16.5. The number of hydrogen-bond acceptors (Lipinski definition) is 5. The van der Waals surface area contributed by atoms with Gasteiger partial charge in [-0.2, -0.15) is 0 Å². The molecule has 3 aromatic carbocycles. The number of aromatic carboxylic acids is 1. The highest BCUT2D eigenvalue weighted by Crippen LogP contribution is 2.35. The van der Waals surface area contributed by atoms with Gasteiger partial charge in [-0.05, 0) is 37.1 Å². The molecule has 6 heteroatoms. The number of rotatable bonds is 5. The molecule has 0 aliphatic carbocycles. The zero-order chi connectivity index (χ0) is 21.3. The zero-order valence-corrected chi connectivity index (χ0v) is 17.3. The molecule has 0 saturated heterocycles. The maximum atomic E-state index is 12.0. The van der Waals surface area contributed by atoms with Gasteiger partial charge in [0, 0.05) is 22.1 Å². The van der Waals surface area contributed by atoms with Crippen LogP contribution in [-0.4, -0.2) is 21.3 Å². The Hall–Kier alpha value is -3.48. The molecule has 0 bridgehead atoms. The normalized spacial score (nSPS) is 10.8. The van der Waals surface area contributed by atoms with Crippen LogP contribution in [0.3, 0.4) is 0 Å². The molecule has 3 N–H and O–H groups in total. The number of carboxylic acids is 1. The number of benzene rings is 3. The Kier molecular flexibility index (Phi) is 5.35. The first-order valence-electron chi connectivity index (χ1n) is 9.38. The molecule has 5 nitrogen and oxygen atoms in total. The molecule has 4 aromatic rings. The number of aromatic nitrogens is 1. The van der Waals surface area contributed by atoms with E-state index in [1.807, 2.05) is 11.4 Å². The second-order valence-electron chi connectivity index (χ2n) is 7.08. The minimum absolute atomic E-state index is 0.151. The van der Waals surface area contributed by atoms with Crippen molar-refractivity contribution in [2.45, 2.75) is 13.8 Å². The lowest BCUT2D eigenvalue weighted by Gasteiger charge is -2.12. The average molecular weight is 417 g/mol. The van der Waals surface area contributed by atoms with Crippen LogP contribution in [0.2, 0.25) is 0 Å². The van der Waals surface area contributed by atoms with Gasteiger partial charge in [-0.1, -0.05) is 54.1 Å². The number of anilines is 1. The lowest BCUT2D eigenvalue weighted by Crippen LogP contribution is -2.02. The standard InChI is InChI=1S/C24H20N2O3S/c1-14-7-9-17(15(2)11-14)22-13-30-23(25-22)16-8-10-18(20(12-16)24(27)28)19-5-3-4-6-21(19)26-29/h3-13,26,29H,1-2H3,(H,27,28). The second-order valence-corrected chi connectivity index (χ2v) is 7.94. The van der Waals surface area contributed by atoms with Gasteiger partial charge < -0.3 is 5.11 Å². The van der Waals surface area contributed by atoms with Crippen molar-refractivity contribution < 1.29 is 15.1 Å². The summed E-state index contributed by atoms with van der Waals surface area (Å²) < 4.78 is 0. The van der Waals surface area contributed by atoms with Crippen molar-refractivity contribution in [2.24, 2.45) is 0 Å². The van der Waals surface area contributed by atoms with Crippen LogP contribution >= 0.6 is 11.3 Å². The molecule has 0 aliphatic rings. The summed E-state index contributed by atoms with van der Waals surface area (Å²) in [6, 6.07) is 18.5. The smallest absolute Gasteiger partial charge is 0.336 e. The molecule has 30 heavy (non-hydrogen) atoms. The Morgan fingerprint density at radius 1 is 0.967 bits per heavy atom. The number of carbonyl (C=O) groups is 1. The Bertz CT molecular complexity index is 1250. The fourth-order valence-electron chi connectivity index (χ4n) is 3.54. The van der Waals surface area contributed by atoms with Crippen molar-refractivity contribution in [3.8, 4) is 33.0 Å². The van der Waals surface area contributed by atoms with E-state index in [0.29, 0.717) is 16.8 Å². The number of thiazole rings is 1. The molecule has 0 saturated carbocycles. The molecule has 4 rings (SSSR count). The van der Waals surface area contributed by atoms with Crippen LogP contribution < -0.4 is 5.48 Å². The maximum absolute atomic E-state index is 12.0. The Morgan fingerprint density at radius 2 is 1.73 bits per heavy atom. The molecule has 0 amide bonds. The average Bonchev–Trinajstić information content (AvgIpc) is 3.23. The molecular formula is C24H20N2O3S. The van der Waals surface area contributed by atoms with Crippen LogP contribution in [0.5, 0.6) is 0 Å². The van der Waals surface area contributed by atoms with E-state index in [-0.39, 0.29) is 5.56 Å². The number of aryl methyl sites for hydroxylation is 2. The van der Waals surface area contributed by atoms with Gasteiger partial charge in [-0.3, -0.25) is 10.7 Å². The van der Waals surface area contributed by atoms with E-state index < -0.39 is 5.97 Å². The van der Waals surface area contributed by atoms with Crippen molar-refractivity contribution in [3.63, 3.8) is 0 Å². The quantitative estimate of drug-likeness (QED) is 0.335. The molecule has 0 fully saturated rings. The highest BCUT2D eigenvalue weighted by molar-refractivity contribution is 7.13. The van der Waals surface area contributed by atoms with Gasteiger partial charge in [0.1, 0.15) is 5.01 Å². The number of carboxylic acid groups (broad SMARTS) is 1. The third-order valence-electron chi connectivity index (χ3n) is 5.00. The summed E-state index contributed by atoms with van der Waals surface area (Å²) in [4.78, 5) is 16.7. The van der Waals surface area contributed by atoms with Crippen LogP contribution in [0.15, 0.2) is 66.0 Å². The van der Waals surface area contributed by atoms with Crippen LogP contribution in [0.25, 0.3) is 33.0 Å². The van der Waals surface area contributed by atoms with Crippen LogP contribution in [0.1, 0.15) is 21.5 Å². The van der Waals surface area contributed by atoms with Gasteiger partial charge >= 0.3 is 5.97 Å². The monoisotopic (exact) mass is 416 g/mol. The summed E-state index contributed by atoms with van der Waals surface area (Å²) in [7, 11) is 0. The van der Waals surface area contributed by atoms with Gasteiger partial charge in [0.25, 0.3) is 0 Å². The number of nitrogens with one attached hydrogen (secondary N) is 1. The number of hydrogen-bond donors (Lipinski definition) is 3. The van der Waals surface area contributed by atoms with Crippen LogP contribution in [0.4, 0.5) is 5.69 Å². The van der Waals surface area contributed by atoms with E-state index in [1.54, 1.807) is 36.4 Å². The Labute approximate surface area is 178 Å². The van der Waals surface area contributed by atoms with E-state index >= 15 is 0 Å².